The third-order valence-corrected chi connectivity index (χ3v) is 2.81. The first-order valence-electron chi connectivity index (χ1n) is 4.82. The average molecular weight is 244 g/mol. The summed E-state index contributed by atoms with van der Waals surface area (Å²) in [5, 5.41) is 13.6. The molecule has 3 nitrogen and oxygen atoms in total. The van der Waals surface area contributed by atoms with Gasteiger partial charge in [0, 0.05) is 17.5 Å². The molecule has 1 atom stereocenters. The molecule has 0 saturated heterocycles. The molecular formula is C11H11ClFNO2. The van der Waals surface area contributed by atoms with Crippen LogP contribution in [0.3, 0.4) is 0 Å². The van der Waals surface area contributed by atoms with Crippen molar-refractivity contribution in [2.24, 2.45) is 5.16 Å². The lowest BCUT2D eigenvalue weighted by molar-refractivity contribution is -0.170. The van der Waals surface area contributed by atoms with Crippen molar-refractivity contribution >= 4 is 17.3 Å². The van der Waals surface area contributed by atoms with Crippen LogP contribution in [0, 0.1) is 12.7 Å². The van der Waals surface area contributed by atoms with Gasteiger partial charge in [0.25, 0.3) is 0 Å². The van der Waals surface area contributed by atoms with E-state index in [0.29, 0.717) is 16.3 Å². The van der Waals surface area contributed by atoms with E-state index < -0.39 is 11.6 Å². The van der Waals surface area contributed by atoms with Gasteiger partial charge in [0.05, 0.1) is 12.1 Å². The molecule has 1 aliphatic rings. The summed E-state index contributed by atoms with van der Waals surface area (Å²) in [6.07, 6.45) is 0.158. The quantitative estimate of drug-likeness (QED) is 0.824. The van der Waals surface area contributed by atoms with E-state index in [2.05, 4.69) is 5.16 Å². The molecule has 1 heterocycles. The minimum absolute atomic E-state index is 0.158. The Morgan fingerprint density at radius 1 is 1.56 bits per heavy atom. The van der Waals surface area contributed by atoms with Gasteiger partial charge in [-0.15, -0.1) is 0 Å². The molecular weight excluding hydrogens is 233 g/mol. The first kappa shape index (κ1) is 11.4. The zero-order valence-corrected chi connectivity index (χ0v) is 9.68. The largest absolute Gasteiger partial charge is 0.360 e. The van der Waals surface area contributed by atoms with Crippen LogP contribution < -0.4 is 0 Å². The van der Waals surface area contributed by atoms with Gasteiger partial charge >= 0.3 is 0 Å². The van der Waals surface area contributed by atoms with Crippen LogP contribution in [0.15, 0.2) is 17.3 Å². The normalized spacial score (nSPS) is 24.2. The third kappa shape index (κ3) is 2.03. The van der Waals surface area contributed by atoms with Gasteiger partial charge in [0.15, 0.2) is 0 Å². The summed E-state index contributed by atoms with van der Waals surface area (Å²) in [6, 6.07) is 2.84. The van der Waals surface area contributed by atoms with E-state index in [9.17, 15) is 9.50 Å². The Kier molecular flexibility index (Phi) is 2.64. The molecule has 1 aromatic carbocycles. The Morgan fingerprint density at radius 2 is 2.25 bits per heavy atom. The van der Waals surface area contributed by atoms with Crippen LogP contribution in [-0.4, -0.2) is 16.6 Å². The third-order valence-electron chi connectivity index (χ3n) is 2.41. The number of hydrogen-bond donors (Lipinski definition) is 1. The maximum atomic E-state index is 13.6. The summed E-state index contributed by atoms with van der Waals surface area (Å²) in [7, 11) is 0. The average Bonchev–Trinajstić information content (AvgIpc) is 2.52. The van der Waals surface area contributed by atoms with Crippen molar-refractivity contribution in [1.82, 2.24) is 0 Å². The lowest BCUT2D eigenvalue weighted by Crippen LogP contribution is -2.23. The molecule has 0 saturated carbocycles. The smallest absolute Gasteiger partial charge is 0.237 e. The van der Waals surface area contributed by atoms with Crippen molar-refractivity contribution in [2.75, 3.05) is 0 Å². The molecule has 0 aromatic heterocycles. The van der Waals surface area contributed by atoms with E-state index in [1.54, 1.807) is 13.0 Å². The summed E-state index contributed by atoms with van der Waals surface area (Å²) in [5.74, 6) is -1.81. The number of benzene rings is 1. The minimum Gasteiger partial charge on any atom is -0.360 e. The summed E-state index contributed by atoms with van der Waals surface area (Å²) in [6.45, 7) is 3.25. The second kappa shape index (κ2) is 3.71. The van der Waals surface area contributed by atoms with Gasteiger partial charge in [0.1, 0.15) is 5.82 Å². The maximum absolute atomic E-state index is 13.6. The molecule has 0 amide bonds. The van der Waals surface area contributed by atoms with Crippen LogP contribution >= 0.6 is 11.6 Å². The van der Waals surface area contributed by atoms with E-state index in [0.717, 1.165) is 5.56 Å². The van der Waals surface area contributed by atoms with Gasteiger partial charge in [-0.3, -0.25) is 0 Å². The van der Waals surface area contributed by atoms with Crippen LogP contribution in [0.2, 0.25) is 5.02 Å². The zero-order chi connectivity index (χ0) is 11.9. The molecule has 0 aliphatic carbocycles. The van der Waals surface area contributed by atoms with Crippen molar-refractivity contribution in [1.29, 1.82) is 0 Å². The monoisotopic (exact) mass is 243 g/mol. The number of halogens is 2. The predicted molar refractivity (Wildman–Crippen MR) is 59.0 cm³/mol. The van der Waals surface area contributed by atoms with E-state index in [-0.39, 0.29) is 6.42 Å². The van der Waals surface area contributed by atoms with Crippen LogP contribution in [0.4, 0.5) is 4.39 Å². The highest BCUT2D eigenvalue weighted by atomic mass is 35.5. The van der Waals surface area contributed by atoms with Gasteiger partial charge in [-0.05, 0) is 24.6 Å². The lowest BCUT2D eigenvalue weighted by Gasteiger charge is -2.12. The van der Waals surface area contributed by atoms with Crippen molar-refractivity contribution in [3.63, 3.8) is 0 Å². The van der Waals surface area contributed by atoms with Crippen LogP contribution in [0.5, 0.6) is 0 Å². The lowest BCUT2D eigenvalue weighted by atomic mass is 10.0. The van der Waals surface area contributed by atoms with Gasteiger partial charge in [0.2, 0.25) is 5.79 Å². The zero-order valence-electron chi connectivity index (χ0n) is 8.92. The Labute approximate surface area is 97.5 Å². The Bertz CT molecular complexity index is 471. The van der Waals surface area contributed by atoms with Crippen LogP contribution in [-0.2, 0) is 4.84 Å². The number of aliphatic hydroxyl groups is 1. The molecule has 1 unspecified atom stereocenters. The maximum Gasteiger partial charge on any atom is 0.237 e. The molecule has 1 aromatic rings. The number of hydrogen-bond acceptors (Lipinski definition) is 3. The predicted octanol–water partition coefficient (Wildman–Crippen LogP) is 2.62. The fraction of sp³-hybridized carbons (Fsp3) is 0.364. The van der Waals surface area contributed by atoms with E-state index in [1.165, 1.54) is 13.0 Å². The number of oxime groups is 1. The second-order valence-corrected chi connectivity index (χ2v) is 4.47. The Morgan fingerprint density at radius 3 is 2.81 bits per heavy atom. The second-order valence-electron chi connectivity index (χ2n) is 4.06. The molecule has 0 radical (unpaired) electrons. The van der Waals surface area contributed by atoms with E-state index >= 15 is 0 Å². The van der Waals surface area contributed by atoms with Gasteiger partial charge in [-0.2, -0.15) is 0 Å². The number of rotatable bonds is 1. The Hall–Kier alpha value is -1.13. The number of aryl methyl sites for hydroxylation is 1. The summed E-state index contributed by atoms with van der Waals surface area (Å²) >= 11 is 5.79. The molecule has 1 aliphatic heterocycles. The van der Waals surface area contributed by atoms with Crippen molar-refractivity contribution < 1.29 is 14.3 Å². The molecule has 0 bridgehead atoms. The Balaban J connectivity index is 2.39. The van der Waals surface area contributed by atoms with E-state index in [1.807, 2.05) is 0 Å². The SMILES string of the molecule is Cc1cc(C2=NOC(C)(O)C2)c(F)cc1Cl. The molecule has 16 heavy (non-hydrogen) atoms. The molecule has 0 spiro atoms. The highest BCUT2D eigenvalue weighted by Gasteiger charge is 2.33. The summed E-state index contributed by atoms with van der Waals surface area (Å²) in [5.41, 5.74) is 1.47. The first-order valence-corrected chi connectivity index (χ1v) is 5.20. The minimum atomic E-state index is -1.35. The highest BCUT2D eigenvalue weighted by Crippen LogP contribution is 2.27. The van der Waals surface area contributed by atoms with E-state index in [4.69, 9.17) is 16.4 Å². The van der Waals surface area contributed by atoms with Gasteiger partial charge in [-0.25, -0.2) is 4.39 Å². The summed E-state index contributed by atoms with van der Waals surface area (Å²) in [4.78, 5) is 4.78. The molecule has 86 valence electrons. The molecule has 1 N–H and O–H groups in total. The standard InChI is InChI=1S/C11H11ClFNO2/c1-6-3-7(9(13)4-8(6)12)10-5-11(2,15)16-14-10/h3-4,15H,5H2,1-2H3. The number of nitrogens with zero attached hydrogens (tertiary/aromatic N) is 1. The molecule has 0 fully saturated rings. The fourth-order valence-corrected chi connectivity index (χ4v) is 1.70. The summed E-state index contributed by atoms with van der Waals surface area (Å²) < 4.78 is 13.6. The highest BCUT2D eigenvalue weighted by molar-refractivity contribution is 6.31. The van der Waals surface area contributed by atoms with Gasteiger partial charge in [-0.1, -0.05) is 16.8 Å². The first-order chi connectivity index (χ1) is 7.39. The fourth-order valence-electron chi connectivity index (χ4n) is 1.55. The van der Waals surface area contributed by atoms with Crippen LogP contribution in [0.25, 0.3) is 0 Å². The molecule has 2 rings (SSSR count). The van der Waals surface area contributed by atoms with Crippen molar-refractivity contribution in [3.05, 3.63) is 34.1 Å². The van der Waals surface area contributed by atoms with Crippen molar-refractivity contribution in [2.45, 2.75) is 26.1 Å². The topological polar surface area (TPSA) is 41.8 Å². The molecule has 5 heteroatoms. The van der Waals surface area contributed by atoms with Crippen molar-refractivity contribution in [3.8, 4) is 0 Å². The van der Waals surface area contributed by atoms with Crippen LogP contribution in [0.1, 0.15) is 24.5 Å². The van der Waals surface area contributed by atoms with Gasteiger partial charge < -0.3 is 9.94 Å².